The van der Waals surface area contributed by atoms with E-state index < -0.39 is 0 Å². The number of nitrogens with zero attached hydrogens (tertiary/aromatic N) is 2. The van der Waals surface area contributed by atoms with Gasteiger partial charge in [0.1, 0.15) is 5.54 Å². The number of ether oxygens (including phenoxy) is 1. The first-order valence-electron chi connectivity index (χ1n) is 6.08. The number of rotatable bonds is 3. The maximum atomic E-state index is 9.33. The molecule has 1 heterocycles. The summed E-state index contributed by atoms with van der Waals surface area (Å²) < 4.78 is 5.55. The van der Waals surface area contributed by atoms with E-state index in [0.717, 1.165) is 32.5 Å². The second kappa shape index (κ2) is 4.51. The lowest BCUT2D eigenvalue weighted by Gasteiger charge is -2.50. The summed E-state index contributed by atoms with van der Waals surface area (Å²) in [4.78, 5) is 2.38. The first-order valence-corrected chi connectivity index (χ1v) is 6.08. The third kappa shape index (κ3) is 2.02. The van der Waals surface area contributed by atoms with Gasteiger partial charge in [0.2, 0.25) is 0 Å². The molecule has 3 nitrogen and oxygen atoms in total. The molecule has 0 bridgehead atoms. The molecule has 0 radical (unpaired) electrons. The molecule has 3 heteroatoms. The Bertz CT molecular complexity index is 247. The average Bonchev–Trinajstić information content (AvgIpc) is 2.24. The van der Waals surface area contributed by atoms with Crippen molar-refractivity contribution in [2.45, 2.75) is 50.7 Å². The van der Waals surface area contributed by atoms with E-state index >= 15 is 0 Å². The van der Waals surface area contributed by atoms with E-state index in [1.165, 1.54) is 19.3 Å². The van der Waals surface area contributed by atoms with Gasteiger partial charge in [-0.1, -0.05) is 6.42 Å². The fraction of sp³-hybridized carbons (Fsp3) is 0.917. The summed E-state index contributed by atoms with van der Waals surface area (Å²) in [6.45, 7) is 5.00. The van der Waals surface area contributed by atoms with Crippen LogP contribution in [0, 0.1) is 11.3 Å². The van der Waals surface area contributed by atoms with Gasteiger partial charge in [-0.25, -0.2) is 0 Å². The van der Waals surface area contributed by atoms with Crippen LogP contribution >= 0.6 is 0 Å². The Morgan fingerprint density at radius 1 is 1.33 bits per heavy atom. The molecule has 0 aromatic rings. The molecule has 84 valence electrons. The van der Waals surface area contributed by atoms with Gasteiger partial charge in [0.15, 0.2) is 0 Å². The van der Waals surface area contributed by atoms with Crippen molar-refractivity contribution in [1.82, 2.24) is 4.90 Å². The highest BCUT2D eigenvalue weighted by atomic mass is 16.5. The SMILES string of the molecule is CCOC1CC(C#N)(N2CCCCC2)C1. The van der Waals surface area contributed by atoms with Crippen LogP contribution in [0.5, 0.6) is 0 Å². The van der Waals surface area contributed by atoms with Gasteiger partial charge < -0.3 is 4.74 Å². The van der Waals surface area contributed by atoms with Gasteiger partial charge in [-0.2, -0.15) is 5.26 Å². The van der Waals surface area contributed by atoms with E-state index in [-0.39, 0.29) is 5.54 Å². The predicted octanol–water partition coefficient (Wildman–Crippen LogP) is 1.93. The predicted molar refractivity (Wildman–Crippen MR) is 58.4 cm³/mol. The molecule has 0 spiro atoms. The van der Waals surface area contributed by atoms with Crippen LogP contribution in [-0.4, -0.2) is 36.2 Å². The topological polar surface area (TPSA) is 36.3 Å². The minimum absolute atomic E-state index is 0.180. The quantitative estimate of drug-likeness (QED) is 0.711. The van der Waals surface area contributed by atoms with Gasteiger partial charge in [-0.05, 0) is 32.9 Å². The molecule has 2 fully saturated rings. The Morgan fingerprint density at radius 3 is 2.53 bits per heavy atom. The Kier molecular flexibility index (Phi) is 3.28. The molecule has 0 aromatic carbocycles. The average molecular weight is 208 g/mol. The molecule has 0 atom stereocenters. The maximum absolute atomic E-state index is 9.33. The standard InChI is InChI=1S/C12H20N2O/c1-2-15-11-8-12(9-11,10-13)14-6-4-3-5-7-14/h11H,2-9H2,1H3. The highest BCUT2D eigenvalue weighted by molar-refractivity contribution is 5.17. The Hall–Kier alpha value is -0.590. The van der Waals surface area contributed by atoms with E-state index in [4.69, 9.17) is 4.74 Å². The summed E-state index contributed by atoms with van der Waals surface area (Å²) in [6.07, 6.45) is 5.99. The first-order chi connectivity index (χ1) is 7.30. The highest BCUT2D eigenvalue weighted by Gasteiger charge is 2.49. The Labute approximate surface area is 92.0 Å². The van der Waals surface area contributed by atoms with E-state index in [1.807, 2.05) is 6.92 Å². The van der Waals surface area contributed by atoms with Crippen LogP contribution in [0.15, 0.2) is 0 Å². The summed E-state index contributed by atoms with van der Waals surface area (Å²) in [6, 6.07) is 2.52. The highest BCUT2D eigenvalue weighted by Crippen LogP contribution is 2.40. The molecule has 1 aliphatic carbocycles. The van der Waals surface area contributed by atoms with Crippen LogP contribution < -0.4 is 0 Å². The smallest absolute Gasteiger partial charge is 0.114 e. The molecule has 1 aliphatic heterocycles. The summed E-state index contributed by atoms with van der Waals surface area (Å²) >= 11 is 0. The molecule has 1 saturated carbocycles. The van der Waals surface area contributed by atoms with Crippen LogP contribution in [0.1, 0.15) is 39.0 Å². The summed E-state index contributed by atoms with van der Waals surface area (Å²) in [5.41, 5.74) is -0.180. The van der Waals surface area contributed by atoms with Crippen molar-refractivity contribution in [1.29, 1.82) is 5.26 Å². The van der Waals surface area contributed by atoms with Crippen LogP contribution in [0.2, 0.25) is 0 Å². The van der Waals surface area contributed by atoms with Crippen LogP contribution in [-0.2, 0) is 4.74 Å². The molecule has 1 saturated heterocycles. The minimum Gasteiger partial charge on any atom is -0.378 e. The lowest BCUT2D eigenvalue weighted by molar-refractivity contribution is -0.0823. The van der Waals surface area contributed by atoms with Crippen LogP contribution in [0.4, 0.5) is 0 Å². The number of hydrogen-bond acceptors (Lipinski definition) is 3. The van der Waals surface area contributed by atoms with Crippen LogP contribution in [0.25, 0.3) is 0 Å². The van der Waals surface area contributed by atoms with Gasteiger partial charge in [0, 0.05) is 19.4 Å². The summed E-state index contributed by atoms with van der Waals surface area (Å²) in [5.74, 6) is 0. The van der Waals surface area contributed by atoms with Gasteiger partial charge in [0.05, 0.1) is 12.2 Å². The third-order valence-electron chi connectivity index (χ3n) is 3.70. The molecule has 0 aromatic heterocycles. The monoisotopic (exact) mass is 208 g/mol. The van der Waals surface area contributed by atoms with Gasteiger partial charge in [-0.15, -0.1) is 0 Å². The Balaban J connectivity index is 1.91. The van der Waals surface area contributed by atoms with Crippen LogP contribution in [0.3, 0.4) is 0 Å². The third-order valence-corrected chi connectivity index (χ3v) is 3.70. The lowest BCUT2D eigenvalue weighted by atomic mass is 9.73. The van der Waals surface area contributed by atoms with E-state index in [0.29, 0.717) is 6.10 Å². The number of hydrogen-bond donors (Lipinski definition) is 0. The molecule has 0 N–H and O–H groups in total. The maximum Gasteiger partial charge on any atom is 0.114 e. The number of nitriles is 1. The van der Waals surface area contributed by atoms with Gasteiger partial charge in [-0.3, -0.25) is 4.90 Å². The molecule has 0 amide bonds. The molecular formula is C12H20N2O. The molecule has 2 rings (SSSR count). The molecule has 2 aliphatic rings. The van der Waals surface area contributed by atoms with E-state index in [2.05, 4.69) is 11.0 Å². The Morgan fingerprint density at radius 2 is 2.00 bits per heavy atom. The summed E-state index contributed by atoms with van der Waals surface area (Å²) in [5, 5.41) is 9.33. The van der Waals surface area contributed by atoms with E-state index in [1.54, 1.807) is 0 Å². The fourth-order valence-corrected chi connectivity index (χ4v) is 2.79. The zero-order valence-electron chi connectivity index (χ0n) is 9.54. The number of piperidine rings is 1. The zero-order valence-corrected chi connectivity index (χ0v) is 9.54. The molecular weight excluding hydrogens is 188 g/mol. The second-order valence-electron chi connectivity index (χ2n) is 4.68. The fourth-order valence-electron chi connectivity index (χ4n) is 2.79. The van der Waals surface area contributed by atoms with Crippen molar-refractivity contribution in [3.8, 4) is 6.07 Å². The lowest BCUT2D eigenvalue weighted by Crippen LogP contribution is -2.60. The van der Waals surface area contributed by atoms with Gasteiger partial charge >= 0.3 is 0 Å². The zero-order chi connectivity index (χ0) is 10.7. The van der Waals surface area contributed by atoms with Crippen molar-refractivity contribution < 1.29 is 4.74 Å². The molecule has 15 heavy (non-hydrogen) atoms. The molecule has 0 unspecified atom stereocenters. The normalized spacial score (nSPS) is 36.9. The van der Waals surface area contributed by atoms with Crippen molar-refractivity contribution in [2.75, 3.05) is 19.7 Å². The van der Waals surface area contributed by atoms with E-state index in [9.17, 15) is 5.26 Å². The minimum atomic E-state index is -0.180. The van der Waals surface area contributed by atoms with Crippen molar-refractivity contribution in [3.63, 3.8) is 0 Å². The largest absolute Gasteiger partial charge is 0.378 e. The van der Waals surface area contributed by atoms with Crippen molar-refractivity contribution in [2.24, 2.45) is 0 Å². The number of likely N-dealkylation sites (tertiary alicyclic amines) is 1. The summed E-state index contributed by atoms with van der Waals surface area (Å²) in [7, 11) is 0. The van der Waals surface area contributed by atoms with Gasteiger partial charge in [0.25, 0.3) is 0 Å². The second-order valence-corrected chi connectivity index (χ2v) is 4.68. The first kappa shape index (κ1) is 10.9. The van der Waals surface area contributed by atoms with Crippen molar-refractivity contribution >= 4 is 0 Å². The van der Waals surface area contributed by atoms with Crippen molar-refractivity contribution in [3.05, 3.63) is 0 Å².